The van der Waals surface area contributed by atoms with Gasteiger partial charge in [-0.25, -0.2) is 0 Å². The van der Waals surface area contributed by atoms with Crippen LogP contribution in [0.25, 0.3) is 6.08 Å². The van der Waals surface area contributed by atoms with Crippen molar-refractivity contribution in [3.8, 4) is 5.75 Å². The van der Waals surface area contributed by atoms with Crippen LogP contribution in [0.3, 0.4) is 0 Å². The van der Waals surface area contributed by atoms with E-state index in [1.807, 2.05) is 25.3 Å². The zero-order valence-corrected chi connectivity index (χ0v) is 9.69. The highest BCUT2D eigenvalue weighted by atomic mass is 16.5. The van der Waals surface area contributed by atoms with Gasteiger partial charge in [-0.05, 0) is 43.8 Å². The Kier molecular flexibility index (Phi) is 5.29. The van der Waals surface area contributed by atoms with Crippen molar-refractivity contribution >= 4 is 12.4 Å². The standard InChI is InChI=1S/C13H17NO2/c1-14-8-4-3-5-11-9-13(16-2)7-6-12(11)10-15/h3,5-7,9-10,14H,4,8H2,1-2H3. The first-order valence-electron chi connectivity index (χ1n) is 5.26. The monoisotopic (exact) mass is 219 g/mol. The van der Waals surface area contributed by atoms with Crippen molar-refractivity contribution in [2.24, 2.45) is 0 Å². The topological polar surface area (TPSA) is 38.3 Å². The molecular formula is C13H17NO2. The van der Waals surface area contributed by atoms with E-state index in [1.54, 1.807) is 19.2 Å². The van der Waals surface area contributed by atoms with Crippen LogP contribution in [0.15, 0.2) is 24.3 Å². The highest BCUT2D eigenvalue weighted by Crippen LogP contribution is 2.17. The molecule has 0 heterocycles. The molecule has 1 rings (SSSR count). The summed E-state index contributed by atoms with van der Waals surface area (Å²) in [7, 11) is 3.53. The van der Waals surface area contributed by atoms with Gasteiger partial charge in [0, 0.05) is 5.56 Å². The number of methoxy groups -OCH3 is 1. The van der Waals surface area contributed by atoms with E-state index in [4.69, 9.17) is 4.74 Å². The lowest BCUT2D eigenvalue weighted by Gasteiger charge is -2.03. The summed E-state index contributed by atoms with van der Waals surface area (Å²) in [6, 6.07) is 5.41. The van der Waals surface area contributed by atoms with Gasteiger partial charge >= 0.3 is 0 Å². The fourth-order valence-corrected chi connectivity index (χ4v) is 1.37. The highest BCUT2D eigenvalue weighted by Gasteiger charge is 2.00. The number of rotatable bonds is 6. The smallest absolute Gasteiger partial charge is 0.150 e. The fraction of sp³-hybridized carbons (Fsp3) is 0.308. The van der Waals surface area contributed by atoms with Crippen LogP contribution < -0.4 is 10.1 Å². The van der Waals surface area contributed by atoms with Crippen LogP contribution in [0, 0.1) is 0 Å². The Balaban J connectivity index is 2.82. The SMILES string of the molecule is CNCCC=Cc1cc(OC)ccc1C=O. The van der Waals surface area contributed by atoms with Gasteiger partial charge in [-0.3, -0.25) is 4.79 Å². The van der Waals surface area contributed by atoms with E-state index in [0.29, 0.717) is 5.56 Å². The molecular weight excluding hydrogens is 202 g/mol. The van der Waals surface area contributed by atoms with Crippen molar-refractivity contribution < 1.29 is 9.53 Å². The second-order valence-corrected chi connectivity index (χ2v) is 3.41. The second-order valence-electron chi connectivity index (χ2n) is 3.41. The number of hydrogen-bond acceptors (Lipinski definition) is 3. The van der Waals surface area contributed by atoms with Crippen LogP contribution in [-0.4, -0.2) is 27.0 Å². The minimum Gasteiger partial charge on any atom is -0.497 e. The van der Waals surface area contributed by atoms with Crippen LogP contribution in [0.1, 0.15) is 22.3 Å². The van der Waals surface area contributed by atoms with Crippen molar-refractivity contribution in [1.82, 2.24) is 5.32 Å². The number of ether oxygens (including phenoxy) is 1. The van der Waals surface area contributed by atoms with E-state index in [9.17, 15) is 4.79 Å². The normalized spacial score (nSPS) is 10.6. The maximum absolute atomic E-state index is 10.8. The summed E-state index contributed by atoms with van der Waals surface area (Å²) in [4.78, 5) is 10.8. The third-order valence-electron chi connectivity index (χ3n) is 2.28. The molecule has 0 aliphatic carbocycles. The number of carbonyl (C=O) groups is 1. The Labute approximate surface area is 96.1 Å². The van der Waals surface area contributed by atoms with Crippen molar-refractivity contribution in [2.45, 2.75) is 6.42 Å². The molecule has 0 fully saturated rings. The molecule has 0 spiro atoms. The number of hydrogen-bond donors (Lipinski definition) is 1. The molecule has 3 nitrogen and oxygen atoms in total. The van der Waals surface area contributed by atoms with E-state index in [0.717, 1.165) is 30.6 Å². The van der Waals surface area contributed by atoms with Crippen molar-refractivity contribution in [3.63, 3.8) is 0 Å². The largest absolute Gasteiger partial charge is 0.497 e. The van der Waals surface area contributed by atoms with Gasteiger partial charge in [-0.1, -0.05) is 12.2 Å². The molecule has 0 unspecified atom stereocenters. The van der Waals surface area contributed by atoms with E-state index in [-0.39, 0.29) is 0 Å². The van der Waals surface area contributed by atoms with Gasteiger partial charge in [0.1, 0.15) is 5.75 Å². The maximum atomic E-state index is 10.8. The molecule has 0 saturated heterocycles. The van der Waals surface area contributed by atoms with E-state index < -0.39 is 0 Å². The molecule has 0 atom stereocenters. The molecule has 0 amide bonds. The molecule has 0 bridgehead atoms. The summed E-state index contributed by atoms with van der Waals surface area (Å²) >= 11 is 0. The minimum atomic E-state index is 0.682. The van der Waals surface area contributed by atoms with Crippen LogP contribution in [-0.2, 0) is 0 Å². The molecule has 16 heavy (non-hydrogen) atoms. The highest BCUT2D eigenvalue weighted by molar-refractivity contribution is 5.82. The lowest BCUT2D eigenvalue weighted by molar-refractivity contribution is 0.112. The first-order valence-corrected chi connectivity index (χ1v) is 5.26. The van der Waals surface area contributed by atoms with E-state index in [2.05, 4.69) is 5.32 Å². The summed E-state index contributed by atoms with van der Waals surface area (Å²) in [6.07, 6.45) is 5.78. The predicted octanol–water partition coefficient (Wildman–Crippen LogP) is 2.13. The summed E-state index contributed by atoms with van der Waals surface area (Å²) in [5, 5.41) is 3.06. The first-order chi connectivity index (χ1) is 7.81. The summed E-state index contributed by atoms with van der Waals surface area (Å²) in [5.41, 5.74) is 1.58. The molecule has 1 N–H and O–H groups in total. The van der Waals surface area contributed by atoms with Gasteiger partial charge in [0.15, 0.2) is 6.29 Å². The molecule has 0 aromatic heterocycles. The number of nitrogens with one attached hydrogen (secondary N) is 1. The third kappa shape index (κ3) is 3.51. The first kappa shape index (κ1) is 12.5. The van der Waals surface area contributed by atoms with Crippen LogP contribution >= 0.6 is 0 Å². The van der Waals surface area contributed by atoms with E-state index >= 15 is 0 Å². The second kappa shape index (κ2) is 6.80. The summed E-state index contributed by atoms with van der Waals surface area (Å²) < 4.78 is 5.12. The molecule has 1 aromatic carbocycles. The lowest BCUT2D eigenvalue weighted by atomic mass is 10.1. The van der Waals surface area contributed by atoms with Crippen molar-refractivity contribution in [1.29, 1.82) is 0 Å². The molecule has 0 saturated carbocycles. The summed E-state index contributed by atoms with van der Waals surface area (Å²) in [6.45, 7) is 0.927. The van der Waals surface area contributed by atoms with Crippen LogP contribution in [0.2, 0.25) is 0 Å². The fourth-order valence-electron chi connectivity index (χ4n) is 1.37. The van der Waals surface area contributed by atoms with Crippen molar-refractivity contribution in [3.05, 3.63) is 35.4 Å². The van der Waals surface area contributed by atoms with Gasteiger partial charge in [0.2, 0.25) is 0 Å². The Bertz CT molecular complexity index is 372. The molecule has 0 aliphatic heterocycles. The number of aldehydes is 1. The molecule has 0 aliphatic rings. The Morgan fingerprint density at radius 1 is 1.38 bits per heavy atom. The van der Waals surface area contributed by atoms with E-state index in [1.165, 1.54) is 0 Å². The Hall–Kier alpha value is -1.61. The minimum absolute atomic E-state index is 0.682. The average molecular weight is 219 g/mol. The maximum Gasteiger partial charge on any atom is 0.150 e. The van der Waals surface area contributed by atoms with Crippen LogP contribution in [0.4, 0.5) is 0 Å². The summed E-state index contributed by atoms with van der Waals surface area (Å²) in [5.74, 6) is 0.763. The quantitative estimate of drug-likeness (QED) is 0.588. The average Bonchev–Trinajstić information content (AvgIpc) is 2.34. The van der Waals surface area contributed by atoms with Gasteiger partial charge in [0.25, 0.3) is 0 Å². The van der Waals surface area contributed by atoms with Gasteiger partial charge in [-0.15, -0.1) is 0 Å². The molecule has 3 heteroatoms. The molecule has 0 radical (unpaired) electrons. The lowest BCUT2D eigenvalue weighted by Crippen LogP contribution is -2.05. The number of carbonyl (C=O) groups excluding carboxylic acids is 1. The predicted molar refractivity (Wildman–Crippen MR) is 66.0 cm³/mol. The van der Waals surface area contributed by atoms with Gasteiger partial charge in [0.05, 0.1) is 7.11 Å². The van der Waals surface area contributed by atoms with Gasteiger partial charge < -0.3 is 10.1 Å². The van der Waals surface area contributed by atoms with Crippen molar-refractivity contribution in [2.75, 3.05) is 20.7 Å². The Morgan fingerprint density at radius 3 is 2.81 bits per heavy atom. The van der Waals surface area contributed by atoms with Crippen LogP contribution in [0.5, 0.6) is 5.75 Å². The third-order valence-corrected chi connectivity index (χ3v) is 2.28. The zero-order chi connectivity index (χ0) is 11.8. The zero-order valence-electron chi connectivity index (χ0n) is 9.69. The molecule has 1 aromatic rings. The van der Waals surface area contributed by atoms with Gasteiger partial charge in [-0.2, -0.15) is 0 Å². The molecule has 86 valence electrons. The Morgan fingerprint density at radius 2 is 2.19 bits per heavy atom. The number of benzene rings is 1.